The fraction of sp³-hybridized carbons (Fsp3) is 1.00. The molecule has 0 aromatic heterocycles. The van der Waals surface area contributed by atoms with Gasteiger partial charge in [0.25, 0.3) is 0 Å². The second-order valence-electron chi connectivity index (χ2n) is 30.4. The number of hydrogen-bond donors (Lipinski definition) is 26. The predicted octanol–water partition coefficient (Wildman–Crippen LogP) is -15.7. The van der Waals surface area contributed by atoms with Gasteiger partial charge < -0.3 is 232 Å². The van der Waals surface area contributed by atoms with Gasteiger partial charge in [-0.3, -0.25) is 0 Å². The monoisotopic (exact) mass is 1660 g/mol. The van der Waals surface area contributed by atoms with E-state index in [4.69, 9.17) is 99.5 Å². The highest BCUT2D eigenvalue weighted by atomic mass is 16.8. The van der Waals surface area contributed by atoms with E-state index in [9.17, 15) is 133 Å². The van der Waals surface area contributed by atoms with Crippen LogP contribution in [0.5, 0.6) is 0 Å². The van der Waals surface area contributed by atoms with Crippen LogP contribution in [-0.2, 0) is 99.5 Å². The topological polar surface area (TPSA) is 720 Å². The number of aliphatic hydroxyl groups is 26. The van der Waals surface area contributed by atoms with E-state index in [1.54, 1.807) is 0 Å². The lowest BCUT2D eigenvalue weighted by atomic mass is 9.95. The molecule has 0 radical (unpaired) electrons. The van der Waals surface area contributed by atoms with Crippen molar-refractivity contribution in [3.05, 3.63) is 0 Å². The van der Waals surface area contributed by atoms with E-state index in [0.717, 1.165) is 0 Å². The molecule has 0 aliphatic carbocycles. The number of rotatable bonds is 25. The van der Waals surface area contributed by atoms with Gasteiger partial charge in [-0.2, -0.15) is 0 Å². The van der Waals surface area contributed by atoms with Crippen LogP contribution in [0.3, 0.4) is 0 Å². The van der Waals surface area contributed by atoms with E-state index in [1.165, 1.54) is 41.5 Å². The van der Waals surface area contributed by atoms with Crippen LogP contribution < -0.4 is 0 Å². The van der Waals surface area contributed by atoms with Crippen LogP contribution in [-0.4, -0.2) is 485 Å². The normalized spacial score (nSPS) is 55.1. The van der Waals surface area contributed by atoms with E-state index in [-0.39, 0.29) is 19.3 Å². The van der Waals surface area contributed by atoms with E-state index in [0.29, 0.717) is 0 Å². The summed E-state index contributed by atoms with van der Waals surface area (Å²) >= 11 is 0. The van der Waals surface area contributed by atoms with Gasteiger partial charge in [-0.1, -0.05) is 0 Å². The van der Waals surface area contributed by atoms with Gasteiger partial charge in [-0.15, -0.1) is 0 Å². The molecule has 11 aliphatic heterocycles. The molecular formula is C66H112O47. The molecule has 47 nitrogen and oxygen atoms in total. The summed E-state index contributed by atoms with van der Waals surface area (Å²) in [5, 5.41) is 290. The van der Waals surface area contributed by atoms with Crippen molar-refractivity contribution in [3.8, 4) is 0 Å². The summed E-state index contributed by atoms with van der Waals surface area (Å²) < 4.78 is 126. The molecule has 11 fully saturated rings. The zero-order chi connectivity index (χ0) is 82.5. The zero-order valence-corrected chi connectivity index (χ0v) is 61.9. The Labute approximate surface area is 643 Å². The molecule has 26 N–H and O–H groups in total. The molecule has 1 unspecified atom stereocenters. The third kappa shape index (κ3) is 19.6. The molecule has 52 atom stereocenters. The minimum absolute atomic E-state index is 0.310. The Balaban J connectivity index is 0.822. The van der Waals surface area contributed by atoms with Crippen molar-refractivity contribution >= 4 is 0 Å². The fourth-order valence-corrected chi connectivity index (χ4v) is 15.4. The highest BCUT2D eigenvalue weighted by Gasteiger charge is 2.62. The van der Waals surface area contributed by atoms with Crippen molar-refractivity contribution in [1.82, 2.24) is 0 Å². The van der Waals surface area contributed by atoms with E-state index in [1.807, 2.05) is 0 Å². The molecule has 11 aliphatic rings. The van der Waals surface area contributed by atoms with Crippen LogP contribution in [0.1, 0.15) is 60.8 Å². The summed E-state index contributed by atoms with van der Waals surface area (Å²) in [6.07, 6.45) is -95.8. The minimum atomic E-state index is -2.34. The predicted molar refractivity (Wildman–Crippen MR) is 350 cm³/mol. The first-order valence-corrected chi connectivity index (χ1v) is 37.5. The Morgan fingerprint density at radius 1 is 0.186 bits per heavy atom. The van der Waals surface area contributed by atoms with Crippen LogP contribution in [0, 0.1) is 0 Å². The van der Waals surface area contributed by atoms with Gasteiger partial charge >= 0.3 is 0 Å². The lowest BCUT2D eigenvalue weighted by Crippen LogP contribution is -2.69. The summed E-state index contributed by atoms with van der Waals surface area (Å²) in [6, 6.07) is 0. The van der Waals surface area contributed by atoms with Gasteiger partial charge in [0.1, 0.15) is 195 Å². The lowest BCUT2D eigenvalue weighted by molar-refractivity contribution is -0.416. The minimum Gasteiger partial charge on any atom is -0.394 e. The molecule has 658 valence electrons. The Hall–Kier alpha value is -1.88. The third-order valence-corrected chi connectivity index (χ3v) is 22.4. The smallest absolute Gasteiger partial charge is 0.187 e. The van der Waals surface area contributed by atoms with Crippen molar-refractivity contribution in [2.75, 3.05) is 33.0 Å². The first-order chi connectivity index (χ1) is 53.4. The maximum atomic E-state index is 12.2. The van der Waals surface area contributed by atoms with Gasteiger partial charge in [0.05, 0.1) is 88.0 Å². The second kappa shape index (κ2) is 39.1. The van der Waals surface area contributed by atoms with Crippen LogP contribution in [0.4, 0.5) is 0 Å². The third-order valence-electron chi connectivity index (χ3n) is 22.4. The molecule has 11 heterocycles. The molecule has 0 amide bonds. The fourth-order valence-electron chi connectivity index (χ4n) is 15.4. The SMILES string of the molecule is C[C@@H]1OC(O)[C@H](O)[C@H](O)[C@H]1O[C@H]1O[C@H](CO)[C@@H](O)[C@H](O[C@H]2O[C@H](C)[C@H](O)C[C@H]2O)[C@@H]1O[C@H]1O[C@H](CO)[C@H](O[C@@H]2O[C@@H](C)[C@H](O[C@H]3O[C@H](CO)[C@@H](O)[C@H](O[C@H]4O[C@H](C)[C@H](O)C[C@H]4O)[C@@H]3O[C@@H]3O[C@@H](C)[C@H](O[C@H]4O[C@H](CO)[C@@H](O)[C@H](O[C@H]5O[C@H](C)[C@H](O)C[C@H]5O)[C@@H]4O[C@H]4O[C@H](CO)[C@H](O)[C@H](O)[C@H]4O)[C@@H](O)[C@H]3O)[C@@H](O)[C@H]2O)[C@H](O)[C@H]1O. The summed E-state index contributed by atoms with van der Waals surface area (Å²) in [7, 11) is 0. The number of aliphatic hydroxyl groups excluding tert-OH is 26. The van der Waals surface area contributed by atoms with Crippen molar-refractivity contribution in [2.45, 2.75) is 380 Å². The molecule has 0 spiro atoms. The largest absolute Gasteiger partial charge is 0.394 e. The van der Waals surface area contributed by atoms with Crippen molar-refractivity contribution in [3.63, 3.8) is 0 Å². The molecule has 0 bridgehead atoms. The average Bonchev–Trinajstić information content (AvgIpc) is 0.770. The second-order valence-corrected chi connectivity index (χ2v) is 30.4. The Morgan fingerprint density at radius 3 is 0.743 bits per heavy atom. The summed E-state index contributed by atoms with van der Waals surface area (Å²) in [5.41, 5.74) is 0. The molecule has 11 saturated heterocycles. The number of hydrogen-bond acceptors (Lipinski definition) is 47. The summed E-state index contributed by atoms with van der Waals surface area (Å²) in [6.45, 7) is 3.04. The molecule has 0 saturated carbocycles. The van der Waals surface area contributed by atoms with Crippen LogP contribution in [0.25, 0.3) is 0 Å². The van der Waals surface area contributed by atoms with Gasteiger partial charge in [-0.25, -0.2) is 0 Å². The first-order valence-electron chi connectivity index (χ1n) is 37.5. The van der Waals surface area contributed by atoms with Crippen molar-refractivity contribution in [1.29, 1.82) is 0 Å². The highest BCUT2D eigenvalue weighted by Crippen LogP contribution is 2.43. The van der Waals surface area contributed by atoms with E-state index in [2.05, 4.69) is 0 Å². The summed E-state index contributed by atoms with van der Waals surface area (Å²) in [4.78, 5) is 0. The molecule has 47 heteroatoms. The molecule has 0 aromatic carbocycles. The molecule has 0 aromatic rings. The quantitative estimate of drug-likeness (QED) is 0.0404. The van der Waals surface area contributed by atoms with Crippen LogP contribution >= 0.6 is 0 Å². The van der Waals surface area contributed by atoms with Crippen molar-refractivity contribution < 1.29 is 232 Å². The molecular weight excluding hydrogens is 1540 g/mol. The maximum absolute atomic E-state index is 12.2. The molecule has 113 heavy (non-hydrogen) atoms. The standard InChI is InChI=1S/C66H112O47/c1-15-21(72)7-24(75)57(94-15)108-50-33(79)28(11-68)100-64(53(50)111-61-44(90)39(85)48(20(6)98-61)106-66-54(112-62-42(88)36(82)32(78)27(10-67)99-62)51(34(80)30(13-70)102-66)109-58-25(76)8-22(73)16(2)95-58)105-47-19(5)97-60(43(89)38(47)84)107-49-31(14-71)103-63(45(91)40(49)86)113-55-52(110-59-26(77)9-23(74)17(3)96-59)35(81)29(12-69)101-65(55)104-46-18(4)93-56(92)41(87)37(46)83/h15-92H,7-14H2,1-6H3/t15-,16-,17-,18+,19+,20+,21-,22-,23-,24-,25-,26-,27-,28-,29-,30-,31-,32+,33-,34-,35-,36+,37+,38+,39+,40-,41-,42-,43-,44-,45-,46+,47+,48+,49+,50+,51+,52+,53+,54+,55+,56?,57-,58-,59-,60+,61+,62-,63-,64-,65-,66-/m1/s1. The van der Waals surface area contributed by atoms with E-state index < -0.39 is 352 Å². The molecule has 11 rings (SSSR count). The average molecular weight is 1660 g/mol. The number of ether oxygens (including phenoxy) is 21. The van der Waals surface area contributed by atoms with Gasteiger partial charge in [0.15, 0.2) is 69.2 Å². The highest BCUT2D eigenvalue weighted by molar-refractivity contribution is 5.03. The Morgan fingerprint density at radius 2 is 0.416 bits per heavy atom. The van der Waals surface area contributed by atoms with Crippen molar-refractivity contribution in [2.24, 2.45) is 0 Å². The summed E-state index contributed by atoms with van der Waals surface area (Å²) in [5.74, 6) is 0. The lowest BCUT2D eigenvalue weighted by Gasteiger charge is -2.51. The Kier molecular flexibility index (Phi) is 31.8. The maximum Gasteiger partial charge on any atom is 0.187 e. The van der Waals surface area contributed by atoms with Gasteiger partial charge in [0.2, 0.25) is 0 Å². The first kappa shape index (κ1) is 91.9. The van der Waals surface area contributed by atoms with Crippen LogP contribution in [0.15, 0.2) is 0 Å². The van der Waals surface area contributed by atoms with Gasteiger partial charge in [-0.05, 0) is 41.5 Å². The van der Waals surface area contributed by atoms with E-state index >= 15 is 0 Å². The van der Waals surface area contributed by atoms with Gasteiger partial charge in [0, 0.05) is 19.3 Å². The Bertz CT molecular complexity index is 2890. The zero-order valence-electron chi connectivity index (χ0n) is 61.9. The van der Waals surface area contributed by atoms with Crippen LogP contribution in [0.2, 0.25) is 0 Å².